The van der Waals surface area contributed by atoms with Crippen LogP contribution in [0.25, 0.3) is 0 Å². The van der Waals surface area contributed by atoms with Crippen molar-refractivity contribution >= 4 is 35.1 Å². The van der Waals surface area contributed by atoms with Gasteiger partial charge in [-0.1, -0.05) is 11.6 Å². The molecule has 1 aromatic rings. The van der Waals surface area contributed by atoms with Crippen LogP contribution in [0.3, 0.4) is 0 Å². The Morgan fingerprint density at radius 1 is 1.14 bits per heavy atom. The zero-order chi connectivity index (χ0) is 10.6. The van der Waals surface area contributed by atoms with E-state index in [-0.39, 0.29) is 0 Å². The molecule has 0 saturated carbocycles. The van der Waals surface area contributed by atoms with Crippen LogP contribution in [0.2, 0.25) is 5.02 Å². The van der Waals surface area contributed by atoms with E-state index in [1.807, 2.05) is 0 Å². The number of aliphatic imine (C=N–C) groups is 2. The number of nitrogens with zero attached hydrogens (tertiary/aromatic N) is 2. The SMILES string of the molecule is Cc1c(N=C=O)cc(Cl)cc1N=C=O. The van der Waals surface area contributed by atoms with Crippen molar-refractivity contribution in [1.82, 2.24) is 0 Å². The van der Waals surface area contributed by atoms with Gasteiger partial charge in [0.2, 0.25) is 12.2 Å². The summed E-state index contributed by atoms with van der Waals surface area (Å²) in [7, 11) is 0. The standard InChI is InChI=1S/C9H5ClN2O2/c1-6-8(11-4-13)2-7(10)3-9(6)12-5-14/h2-3H,1H3. The van der Waals surface area contributed by atoms with Crippen LogP contribution in [0.4, 0.5) is 11.4 Å². The quantitative estimate of drug-likeness (QED) is 0.554. The molecule has 5 heteroatoms. The molecule has 0 saturated heterocycles. The van der Waals surface area contributed by atoms with Crippen molar-refractivity contribution in [2.24, 2.45) is 9.98 Å². The van der Waals surface area contributed by atoms with E-state index in [1.165, 1.54) is 24.3 Å². The van der Waals surface area contributed by atoms with Crippen molar-refractivity contribution in [3.63, 3.8) is 0 Å². The third-order valence-electron chi connectivity index (χ3n) is 1.65. The van der Waals surface area contributed by atoms with Gasteiger partial charge in [0.05, 0.1) is 11.4 Å². The molecule has 0 spiro atoms. The first-order valence-corrected chi connectivity index (χ1v) is 4.02. The Balaban J connectivity index is 3.45. The molecule has 0 heterocycles. The lowest BCUT2D eigenvalue weighted by Crippen LogP contribution is -1.77. The molecule has 0 N–H and O–H groups in total. The van der Waals surface area contributed by atoms with Crippen LogP contribution in [0.15, 0.2) is 22.1 Å². The van der Waals surface area contributed by atoms with Gasteiger partial charge < -0.3 is 0 Å². The molecule has 4 nitrogen and oxygen atoms in total. The number of carbonyl (C=O) groups excluding carboxylic acids is 2. The van der Waals surface area contributed by atoms with Crippen molar-refractivity contribution in [2.45, 2.75) is 6.92 Å². The summed E-state index contributed by atoms with van der Waals surface area (Å²) in [5.41, 5.74) is 1.28. The molecular formula is C9H5ClN2O2. The van der Waals surface area contributed by atoms with Gasteiger partial charge in [0, 0.05) is 10.6 Å². The Morgan fingerprint density at radius 3 is 1.93 bits per heavy atom. The van der Waals surface area contributed by atoms with Crippen molar-refractivity contribution in [1.29, 1.82) is 0 Å². The van der Waals surface area contributed by atoms with Crippen LogP contribution in [-0.4, -0.2) is 12.2 Å². The highest BCUT2D eigenvalue weighted by Crippen LogP contribution is 2.31. The van der Waals surface area contributed by atoms with Gasteiger partial charge in [0.15, 0.2) is 0 Å². The first kappa shape index (κ1) is 10.4. The molecule has 0 amide bonds. The highest BCUT2D eigenvalue weighted by molar-refractivity contribution is 6.31. The van der Waals surface area contributed by atoms with E-state index < -0.39 is 0 Å². The zero-order valence-electron chi connectivity index (χ0n) is 7.24. The first-order valence-electron chi connectivity index (χ1n) is 3.65. The highest BCUT2D eigenvalue weighted by Gasteiger charge is 2.04. The van der Waals surface area contributed by atoms with E-state index in [0.29, 0.717) is 22.0 Å². The second kappa shape index (κ2) is 4.49. The van der Waals surface area contributed by atoms with Gasteiger partial charge in [-0.3, -0.25) is 0 Å². The molecule has 70 valence electrons. The van der Waals surface area contributed by atoms with Gasteiger partial charge in [-0.2, -0.15) is 9.98 Å². The number of benzene rings is 1. The summed E-state index contributed by atoms with van der Waals surface area (Å²) in [6.45, 7) is 1.67. The normalized spacial score (nSPS) is 8.71. The van der Waals surface area contributed by atoms with Gasteiger partial charge in [-0.05, 0) is 19.1 Å². The average Bonchev–Trinajstić information content (AvgIpc) is 2.14. The molecule has 0 unspecified atom stereocenters. The van der Waals surface area contributed by atoms with Gasteiger partial charge in [0.1, 0.15) is 0 Å². The smallest absolute Gasteiger partial charge is 0.211 e. The fraction of sp³-hybridized carbons (Fsp3) is 0.111. The Kier molecular flexibility index (Phi) is 3.32. The molecule has 0 aliphatic heterocycles. The van der Waals surface area contributed by atoms with Crippen LogP contribution in [0.1, 0.15) is 5.56 Å². The van der Waals surface area contributed by atoms with Crippen LogP contribution < -0.4 is 0 Å². The summed E-state index contributed by atoms with van der Waals surface area (Å²) in [4.78, 5) is 27.0. The number of isocyanates is 2. The number of rotatable bonds is 2. The second-order valence-electron chi connectivity index (χ2n) is 2.48. The third kappa shape index (κ3) is 2.15. The molecule has 0 bridgehead atoms. The van der Waals surface area contributed by atoms with Crippen molar-refractivity contribution in [2.75, 3.05) is 0 Å². The second-order valence-corrected chi connectivity index (χ2v) is 2.91. The Bertz CT molecular complexity index is 419. The minimum absolute atomic E-state index is 0.346. The summed E-state index contributed by atoms with van der Waals surface area (Å²) >= 11 is 5.71. The summed E-state index contributed by atoms with van der Waals surface area (Å²) in [5.74, 6) is 0. The Morgan fingerprint density at radius 2 is 1.57 bits per heavy atom. The first-order chi connectivity index (χ1) is 6.69. The monoisotopic (exact) mass is 208 g/mol. The Labute approximate surface area is 84.9 Å². The fourth-order valence-corrected chi connectivity index (χ4v) is 1.19. The topological polar surface area (TPSA) is 58.9 Å². The van der Waals surface area contributed by atoms with Gasteiger partial charge in [-0.25, -0.2) is 9.59 Å². The van der Waals surface area contributed by atoms with E-state index in [9.17, 15) is 9.59 Å². The van der Waals surface area contributed by atoms with Crippen LogP contribution in [-0.2, 0) is 9.59 Å². The van der Waals surface area contributed by atoms with E-state index in [0.717, 1.165) is 0 Å². The molecule has 1 aromatic carbocycles. The minimum Gasteiger partial charge on any atom is -0.211 e. The molecule has 0 aliphatic rings. The van der Waals surface area contributed by atoms with Crippen molar-refractivity contribution in [3.05, 3.63) is 22.7 Å². The fourth-order valence-electron chi connectivity index (χ4n) is 0.981. The molecule has 0 atom stereocenters. The Hall–Kier alpha value is -1.73. The summed E-state index contributed by atoms with van der Waals surface area (Å²) < 4.78 is 0. The zero-order valence-corrected chi connectivity index (χ0v) is 8.00. The van der Waals surface area contributed by atoms with E-state index in [4.69, 9.17) is 11.6 Å². The molecule has 0 radical (unpaired) electrons. The van der Waals surface area contributed by atoms with Crippen LogP contribution in [0.5, 0.6) is 0 Å². The average molecular weight is 209 g/mol. The molecule has 0 fully saturated rings. The van der Waals surface area contributed by atoms with E-state index in [1.54, 1.807) is 6.92 Å². The lowest BCUT2D eigenvalue weighted by Gasteiger charge is -2.01. The van der Waals surface area contributed by atoms with Crippen LogP contribution in [0, 0.1) is 6.92 Å². The molecule has 14 heavy (non-hydrogen) atoms. The van der Waals surface area contributed by atoms with Gasteiger partial charge in [0.25, 0.3) is 0 Å². The van der Waals surface area contributed by atoms with E-state index >= 15 is 0 Å². The van der Waals surface area contributed by atoms with Gasteiger partial charge in [-0.15, -0.1) is 0 Å². The maximum atomic E-state index is 10.1. The minimum atomic E-state index is 0.346. The number of hydrogen-bond acceptors (Lipinski definition) is 4. The molecule has 0 aromatic heterocycles. The molecule has 1 rings (SSSR count). The predicted molar refractivity (Wildman–Crippen MR) is 51.8 cm³/mol. The van der Waals surface area contributed by atoms with E-state index in [2.05, 4.69) is 9.98 Å². The summed E-state index contributed by atoms with van der Waals surface area (Å²) in [5, 5.41) is 0.346. The van der Waals surface area contributed by atoms with Gasteiger partial charge >= 0.3 is 0 Å². The lowest BCUT2D eigenvalue weighted by atomic mass is 10.1. The largest absolute Gasteiger partial charge is 0.240 e. The summed E-state index contributed by atoms with van der Waals surface area (Å²) in [6, 6.07) is 2.98. The predicted octanol–water partition coefficient (Wildman–Crippen LogP) is 2.58. The maximum absolute atomic E-state index is 10.1. The van der Waals surface area contributed by atoms with Crippen molar-refractivity contribution < 1.29 is 9.59 Å². The number of hydrogen-bond donors (Lipinski definition) is 0. The maximum Gasteiger partial charge on any atom is 0.240 e. The highest BCUT2D eigenvalue weighted by atomic mass is 35.5. The molecular weight excluding hydrogens is 204 g/mol. The van der Waals surface area contributed by atoms with Crippen LogP contribution >= 0.6 is 11.6 Å². The lowest BCUT2D eigenvalue weighted by molar-refractivity contribution is 0.565. The third-order valence-corrected chi connectivity index (χ3v) is 1.87. The number of halogens is 1. The van der Waals surface area contributed by atoms with Crippen molar-refractivity contribution in [3.8, 4) is 0 Å². The molecule has 0 aliphatic carbocycles. The summed E-state index contributed by atoms with van der Waals surface area (Å²) in [6.07, 6.45) is 2.80.